The Kier molecular flexibility index (Phi) is 43.2. The van der Waals surface area contributed by atoms with Gasteiger partial charge in [-0.05, 0) is 84.8 Å². The highest BCUT2D eigenvalue weighted by molar-refractivity contribution is 5.70. The van der Waals surface area contributed by atoms with Crippen LogP contribution in [-0.4, -0.2) is 62.8 Å². The number of hydrogen-bond acceptors (Lipinski definition) is 7. The van der Waals surface area contributed by atoms with E-state index in [9.17, 15) is 14.4 Å². The maximum Gasteiger partial charge on any atom is 0.306 e. The van der Waals surface area contributed by atoms with Gasteiger partial charge in [0.1, 0.15) is 13.2 Å². The monoisotopic (exact) mass is 736 g/mol. The van der Waals surface area contributed by atoms with E-state index in [0.29, 0.717) is 12.8 Å². The lowest BCUT2D eigenvalue weighted by Crippen LogP contribution is -2.30. The number of esters is 3. The Bertz CT molecular complexity index is 840. The molecule has 7 nitrogen and oxygen atoms in total. The van der Waals surface area contributed by atoms with Crippen molar-refractivity contribution in [1.29, 1.82) is 0 Å². The van der Waals surface area contributed by atoms with Gasteiger partial charge >= 0.3 is 17.9 Å². The molecule has 0 aromatic carbocycles. The van der Waals surface area contributed by atoms with E-state index < -0.39 is 12.1 Å². The molecule has 0 rings (SSSR count). The van der Waals surface area contributed by atoms with Gasteiger partial charge in [-0.2, -0.15) is 0 Å². The van der Waals surface area contributed by atoms with Crippen LogP contribution in [0.2, 0.25) is 0 Å². The Morgan fingerprint density at radius 1 is 0.481 bits per heavy atom. The number of rotatable bonds is 36. The molecule has 306 valence electrons. The fraction of sp³-hybridized carbons (Fsp3) is 0.844. The molecule has 0 saturated carbocycles. The van der Waals surface area contributed by atoms with Crippen LogP contribution in [0.4, 0.5) is 0 Å². The molecule has 1 atom stereocenters. The number of carbonyl (C=O) groups excluding carboxylic acids is 3. The molecule has 0 bridgehead atoms. The fourth-order valence-corrected chi connectivity index (χ4v) is 5.51. The van der Waals surface area contributed by atoms with Gasteiger partial charge in [-0.15, -0.1) is 0 Å². The van der Waals surface area contributed by atoms with Crippen LogP contribution in [-0.2, 0) is 28.6 Å². The zero-order chi connectivity index (χ0) is 38.8. The molecule has 0 aliphatic heterocycles. The van der Waals surface area contributed by atoms with Gasteiger partial charge in [0, 0.05) is 19.8 Å². The van der Waals surface area contributed by atoms with Gasteiger partial charge in [0.05, 0.1) is 0 Å². The summed E-state index contributed by atoms with van der Waals surface area (Å²) in [6.45, 7) is 8.89. The quantitative estimate of drug-likeness (QED) is 0.0274. The van der Waals surface area contributed by atoms with E-state index in [0.717, 1.165) is 64.3 Å². The van der Waals surface area contributed by atoms with E-state index >= 15 is 0 Å². The lowest BCUT2D eigenvalue weighted by Gasteiger charge is -2.17. The second-order valence-corrected chi connectivity index (χ2v) is 14.7. The number of ether oxygens (including phenoxy) is 3. The Balaban J connectivity index is 0. The highest BCUT2D eigenvalue weighted by Crippen LogP contribution is 2.13. The van der Waals surface area contributed by atoms with E-state index in [4.69, 9.17) is 14.2 Å². The number of nitrogens with zero attached hydrogens (tertiary/aromatic N) is 1. The summed E-state index contributed by atoms with van der Waals surface area (Å²) < 4.78 is 15.9. The summed E-state index contributed by atoms with van der Waals surface area (Å²) in [7, 11) is 4.11. The van der Waals surface area contributed by atoms with Crippen LogP contribution in [0.1, 0.15) is 207 Å². The molecule has 0 saturated heterocycles. The van der Waals surface area contributed by atoms with Crippen LogP contribution in [0.15, 0.2) is 24.3 Å². The summed E-state index contributed by atoms with van der Waals surface area (Å²) in [5.41, 5.74) is 0. The summed E-state index contributed by atoms with van der Waals surface area (Å²) in [6, 6.07) is 0. The summed E-state index contributed by atoms with van der Waals surface area (Å²) >= 11 is 0. The standard InChI is InChI=1S/C41H74O6.C4H11N/c1-4-6-8-10-12-14-16-18-20-22-24-26-28-30-32-34-40(43)46-37-39(36-45-38(3)42)47-41(44)35-33-31-29-27-25-23-21-19-17-15-13-11-9-7-5-2;1-4-5(2)3/h18-21,39H,4-17,22-37H2,1-3H3;4H2,1-3H3/b20-18+,21-19-;. The summed E-state index contributed by atoms with van der Waals surface area (Å²) in [5.74, 6) is -1.10. The molecule has 0 radical (unpaired) electrons. The Morgan fingerprint density at radius 3 is 1.17 bits per heavy atom. The van der Waals surface area contributed by atoms with Gasteiger partial charge < -0.3 is 19.1 Å². The molecule has 0 aromatic rings. The minimum Gasteiger partial charge on any atom is -0.462 e. The second-order valence-electron chi connectivity index (χ2n) is 14.7. The van der Waals surface area contributed by atoms with Crippen LogP contribution in [0.5, 0.6) is 0 Å². The van der Waals surface area contributed by atoms with Crippen molar-refractivity contribution in [2.75, 3.05) is 33.9 Å². The predicted molar refractivity (Wildman–Crippen MR) is 221 cm³/mol. The minimum absolute atomic E-state index is 0.0880. The van der Waals surface area contributed by atoms with Crippen molar-refractivity contribution in [1.82, 2.24) is 4.90 Å². The van der Waals surface area contributed by atoms with Gasteiger partial charge in [-0.1, -0.05) is 148 Å². The topological polar surface area (TPSA) is 82.1 Å². The molecule has 0 aliphatic rings. The highest BCUT2D eigenvalue weighted by atomic mass is 16.6. The van der Waals surface area contributed by atoms with Gasteiger partial charge in [-0.25, -0.2) is 0 Å². The smallest absolute Gasteiger partial charge is 0.306 e. The summed E-state index contributed by atoms with van der Waals surface area (Å²) in [4.78, 5) is 38.1. The molecule has 0 spiro atoms. The van der Waals surface area contributed by atoms with E-state index in [2.05, 4.69) is 64.1 Å². The maximum absolute atomic E-state index is 12.4. The molecule has 1 unspecified atom stereocenters. The lowest BCUT2D eigenvalue weighted by molar-refractivity contribution is -0.166. The molecule has 0 aliphatic carbocycles. The van der Waals surface area contributed by atoms with E-state index in [-0.39, 0.29) is 25.2 Å². The van der Waals surface area contributed by atoms with Crippen LogP contribution in [0, 0.1) is 0 Å². The minimum atomic E-state index is -0.771. The lowest BCUT2D eigenvalue weighted by atomic mass is 10.1. The van der Waals surface area contributed by atoms with Gasteiger partial charge in [0.2, 0.25) is 0 Å². The third kappa shape index (κ3) is 45.9. The van der Waals surface area contributed by atoms with Crippen LogP contribution < -0.4 is 0 Å². The van der Waals surface area contributed by atoms with E-state index in [1.807, 2.05) is 0 Å². The number of carbonyl (C=O) groups is 3. The van der Waals surface area contributed by atoms with Crippen molar-refractivity contribution in [3.05, 3.63) is 24.3 Å². The van der Waals surface area contributed by atoms with Crippen molar-refractivity contribution < 1.29 is 28.6 Å². The molecular weight excluding hydrogens is 650 g/mol. The van der Waals surface area contributed by atoms with Crippen molar-refractivity contribution in [2.24, 2.45) is 0 Å². The SMILES string of the molecule is CCCCCCCC/C=C\CCCCCCCC(=O)OC(COC(C)=O)COC(=O)CCCCCCC/C=C/CCCCCCCC.CCN(C)C. The Morgan fingerprint density at radius 2 is 0.808 bits per heavy atom. The molecule has 0 heterocycles. The first kappa shape index (κ1) is 52.0. The maximum atomic E-state index is 12.4. The third-order valence-electron chi connectivity index (χ3n) is 9.12. The van der Waals surface area contributed by atoms with Gasteiger partial charge in [0.15, 0.2) is 6.10 Å². The Hall–Kier alpha value is -2.15. The number of hydrogen-bond donors (Lipinski definition) is 0. The molecule has 0 fully saturated rings. The van der Waals surface area contributed by atoms with Crippen molar-refractivity contribution in [2.45, 2.75) is 214 Å². The van der Waals surface area contributed by atoms with Gasteiger partial charge in [0.25, 0.3) is 0 Å². The first-order valence-corrected chi connectivity index (χ1v) is 21.7. The number of unbranched alkanes of at least 4 members (excludes halogenated alkanes) is 22. The Labute approximate surface area is 322 Å². The van der Waals surface area contributed by atoms with Crippen LogP contribution in [0.3, 0.4) is 0 Å². The molecule has 52 heavy (non-hydrogen) atoms. The largest absolute Gasteiger partial charge is 0.462 e. The van der Waals surface area contributed by atoms with Gasteiger partial charge in [-0.3, -0.25) is 14.4 Å². The summed E-state index contributed by atoms with van der Waals surface area (Å²) in [6.07, 6.45) is 40.5. The number of allylic oxidation sites excluding steroid dienone is 4. The molecule has 0 amide bonds. The normalized spacial score (nSPS) is 11.9. The highest BCUT2D eigenvalue weighted by Gasteiger charge is 2.18. The van der Waals surface area contributed by atoms with Crippen LogP contribution >= 0.6 is 0 Å². The summed E-state index contributed by atoms with van der Waals surface area (Å²) in [5, 5.41) is 0. The van der Waals surface area contributed by atoms with Crippen molar-refractivity contribution in [3.8, 4) is 0 Å². The average Bonchev–Trinajstić information content (AvgIpc) is 3.12. The zero-order valence-electron chi connectivity index (χ0n) is 35.2. The van der Waals surface area contributed by atoms with Crippen LogP contribution in [0.25, 0.3) is 0 Å². The predicted octanol–water partition coefficient (Wildman–Crippen LogP) is 12.6. The average molecular weight is 736 g/mol. The molecule has 7 heteroatoms. The van der Waals surface area contributed by atoms with Crippen molar-refractivity contribution in [3.63, 3.8) is 0 Å². The van der Waals surface area contributed by atoms with E-state index in [1.165, 1.54) is 116 Å². The van der Waals surface area contributed by atoms with Crippen molar-refractivity contribution >= 4 is 17.9 Å². The fourth-order valence-electron chi connectivity index (χ4n) is 5.51. The second kappa shape index (κ2) is 43.3. The van der Waals surface area contributed by atoms with E-state index in [1.54, 1.807) is 0 Å². The third-order valence-corrected chi connectivity index (χ3v) is 9.12. The molecule has 0 N–H and O–H groups in total. The first-order chi connectivity index (χ1) is 25.3. The zero-order valence-corrected chi connectivity index (χ0v) is 35.2. The first-order valence-electron chi connectivity index (χ1n) is 21.7. The molecular formula is C45H85NO6. The molecule has 0 aromatic heterocycles.